The normalized spacial score (nSPS) is 19.7. The highest BCUT2D eigenvalue weighted by atomic mass is 16.5. The summed E-state index contributed by atoms with van der Waals surface area (Å²) in [4.78, 5) is 35.2. The van der Waals surface area contributed by atoms with Gasteiger partial charge in [-0.25, -0.2) is 4.79 Å². The van der Waals surface area contributed by atoms with E-state index in [2.05, 4.69) is 9.47 Å². The van der Waals surface area contributed by atoms with Gasteiger partial charge >= 0.3 is 11.9 Å². The molecule has 0 aliphatic heterocycles. The molecule has 0 N–H and O–H groups in total. The highest BCUT2D eigenvalue weighted by molar-refractivity contribution is 6.38. The summed E-state index contributed by atoms with van der Waals surface area (Å²) in [7, 11) is 2.36. The molecule has 5 heteroatoms. The summed E-state index contributed by atoms with van der Waals surface area (Å²) in [5, 5.41) is 0. The summed E-state index contributed by atoms with van der Waals surface area (Å²) in [5.41, 5.74) is -0.503. The van der Waals surface area contributed by atoms with E-state index in [1.54, 1.807) is 0 Å². The Morgan fingerprint density at radius 1 is 1.00 bits per heavy atom. The third-order valence-electron chi connectivity index (χ3n) is 3.78. The largest absolute Gasteiger partial charge is 0.468 e. The summed E-state index contributed by atoms with van der Waals surface area (Å²) < 4.78 is 9.11. The fourth-order valence-corrected chi connectivity index (χ4v) is 2.69. The molecule has 0 amide bonds. The van der Waals surface area contributed by atoms with Crippen molar-refractivity contribution in [3.8, 4) is 0 Å². The van der Waals surface area contributed by atoms with Crippen molar-refractivity contribution >= 4 is 17.7 Å². The Labute approximate surface area is 107 Å². The molecule has 1 atom stereocenters. The molecule has 1 fully saturated rings. The van der Waals surface area contributed by atoms with Crippen molar-refractivity contribution in [2.45, 2.75) is 39.0 Å². The van der Waals surface area contributed by atoms with Crippen LogP contribution in [0.4, 0.5) is 0 Å². The van der Waals surface area contributed by atoms with Gasteiger partial charge in [0.2, 0.25) is 0 Å². The molecule has 0 radical (unpaired) electrons. The van der Waals surface area contributed by atoms with Crippen LogP contribution in [0, 0.1) is 11.3 Å². The predicted molar refractivity (Wildman–Crippen MR) is 63.7 cm³/mol. The lowest BCUT2D eigenvalue weighted by Gasteiger charge is -2.37. The van der Waals surface area contributed by atoms with Gasteiger partial charge in [0, 0.05) is 0 Å². The fourth-order valence-electron chi connectivity index (χ4n) is 2.69. The van der Waals surface area contributed by atoms with E-state index in [0.717, 1.165) is 39.2 Å². The minimum absolute atomic E-state index is 0.503. The van der Waals surface area contributed by atoms with Crippen LogP contribution in [0.5, 0.6) is 0 Å². The summed E-state index contributed by atoms with van der Waals surface area (Å²) in [5.74, 6) is -3.46. The standard InChI is InChI=1S/C13H20O5/c1-13(7-5-4-6-8-13)9(11(15)17-2)10(14)12(16)18-3/h9H,4-8H2,1-3H3. The van der Waals surface area contributed by atoms with Crippen LogP contribution in [-0.2, 0) is 23.9 Å². The van der Waals surface area contributed by atoms with Crippen LogP contribution in [-0.4, -0.2) is 31.9 Å². The second-order valence-corrected chi connectivity index (χ2v) is 5.03. The molecular weight excluding hydrogens is 236 g/mol. The first kappa shape index (κ1) is 14.7. The number of rotatable bonds is 4. The van der Waals surface area contributed by atoms with Gasteiger partial charge in [-0.15, -0.1) is 0 Å². The van der Waals surface area contributed by atoms with Crippen molar-refractivity contribution in [1.82, 2.24) is 0 Å². The Morgan fingerprint density at radius 3 is 2.00 bits per heavy atom. The van der Waals surface area contributed by atoms with E-state index < -0.39 is 29.1 Å². The summed E-state index contributed by atoms with van der Waals surface area (Å²) in [6, 6.07) is 0. The van der Waals surface area contributed by atoms with E-state index >= 15 is 0 Å². The molecule has 5 nitrogen and oxygen atoms in total. The van der Waals surface area contributed by atoms with E-state index in [1.807, 2.05) is 6.92 Å². The number of ketones is 1. The van der Waals surface area contributed by atoms with Crippen molar-refractivity contribution in [2.24, 2.45) is 11.3 Å². The second-order valence-electron chi connectivity index (χ2n) is 5.03. The smallest absolute Gasteiger partial charge is 0.375 e. The maximum absolute atomic E-state index is 12.0. The summed E-state index contributed by atoms with van der Waals surface area (Å²) >= 11 is 0. The minimum atomic E-state index is -1.05. The van der Waals surface area contributed by atoms with E-state index in [0.29, 0.717) is 0 Å². The molecule has 1 aliphatic carbocycles. The van der Waals surface area contributed by atoms with Gasteiger partial charge in [0.05, 0.1) is 14.2 Å². The Morgan fingerprint density at radius 2 is 1.56 bits per heavy atom. The first-order valence-corrected chi connectivity index (χ1v) is 6.16. The number of Topliss-reactive ketones (excluding diaryl/α,β-unsaturated/α-hetero) is 1. The van der Waals surface area contributed by atoms with Crippen molar-refractivity contribution in [2.75, 3.05) is 14.2 Å². The summed E-state index contributed by atoms with van der Waals surface area (Å²) in [6.07, 6.45) is 4.50. The first-order chi connectivity index (χ1) is 8.46. The number of hydrogen-bond acceptors (Lipinski definition) is 5. The average molecular weight is 256 g/mol. The number of ether oxygens (including phenoxy) is 2. The minimum Gasteiger partial charge on any atom is -0.468 e. The van der Waals surface area contributed by atoms with Crippen LogP contribution in [0.15, 0.2) is 0 Å². The van der Waals surface area contributed by atoms with Gasteiger partial charge in [-0.3, -0.25) is 9.59 Å². The van der Waals surface area contributed by atoms with E-state index in [-0.39, 0.29) is 0 Å². The SMILES string of the molecule is COC(=O)C(=O)C(C(=O)OC)C1(C)CCCCC1. The molecule has 1 aliphatic rings. The van der Waals surface area contributed by atoms with Crippen molar-refractivity contribution < 1.29 is 23.9 Å². The van der Waals surface area contributed by atoms with Gasteiger partial charge in [-0.05, 0) is 18.3 Å². The molecular formula is C13H20O5. The van der Waals surface area contributed by atoms with Crippen molar-refractivity contribution in [1.29, 1.82) is 0 Å². The van der Waals surface area contributed by atoms with Crippen LogP contribution >= 0.6 is 0 Å². The van der Waals surface area contributed by atoms with Gasteiger partial charge in [-0.2, -0.15) is 0 Å². The molecule has 0 heterocycles. The monoisotopic (exact) mass is 256 g/mol. The van der Waals surface area contributed by atoms with Gasteiger partial charge in [0.25, 0.3) is 5.78 Å². The number of carbonyl (C=O) groups is 3. The quantitative estimate of drug-likeness (QED) is 0.433. The van der Waals surface area contributed by atoms with Crippen LogP contribution in [0.1, 0.15) is 39.0 Å². The van der Waals surface area contributed by atoms with Crippen molar-refractivity contribution in [3.63, 3.8) is 0 Å². The Bertz CT molecular complexity index is 341. The topological polar surface area (TPSA) is 69.7 Å². The Kier molecular flexibility index (Phi) is 4.87. The number of hydrogen-bond donors (Lipinski definition) is 0. The molecule has 0 aromatic heterocycles. The second kappa shape index (κ2) is 5.98. The molecule has 1 rings (SSSR count). The molecule has 0 bridgehead atoms. The fraction of sp³-hybridized carbons (Fsp3) is 0.769. The van der Waals surface area contributed by atoms with Crippen molar-refractivity contribution in [3.05, 3.63) is 0 Å². The number of carbonyl (C=O) groups excluding carboxylic acids is 3. The van der Waals surface area contributed by atoms with Crippen LogP contribution in [0.3, 0.4) is 0 Å². The molecule has 102 valence electrons. The highest BCUT2D eigenvalue weighted by Crippen LogP contribution is 2.43. The molecule has 0 aromatic rings. The zero-order chi connectivity index (χ0) is 13.8. The average Bonchev–Trinajstić information content (AvgIpc) is 2.38. The highest BCUT2D eigenvalue weighted by Gasteiger charge is 2.47. The maximum Gasteiger partial charge on any atom is 0.375 e. The predicted octanol–water partition coefficient (Wildman–Crippen LogP) is 1.49. The number of esters is 2. The van der Waals surface area contributed by atoms with Gasteiger partial charge in [0.1, 0.15) is 5.92 Å². The molecule has 1 saturated carbocycles. The number of methoxy groups -OCH3 is 2. The van der Waals surface area contributed by atoms with Crippen LogP contribution in [0.2, 0.25) is 0 Å². The zero-order valence-corrected chi connectivity index (χ0v) is 11.2. The Balaban J connectivity index is 3.00. The van der Waals surface area contributed by atoms with Gasteiger partial charge < -0.3 is 9.47 Å². The summed E-state index contributed by atoms with van der Waals surface area (Å²) in [6.45, 7) is 1.87. The lowest BCUT2D eigenvalue weighted by Crippen LogP contribution is -2.44. The van der Waals surface area contributed by atoms with Gasteiger partial charge in [-0.1, -0.05) is 26.2 Å². The third kappa shape index (κ3) is 2.89. The van der Waals surface area contributed by atoms with E-state index in [9.17, 15) is 14.4 Å². The Hall–Kier alpha value is -1.39. The lowest BCUT2D eigenvalue weighted by molar-refractivity contribution is -0.165. The van der Waals surface area contributed by atoms with E-state index in [4.69, 9.17) is 0 Å². The van der Waals surface area contributed by atoms with Crippen LogP contribution < -0.4 is 0 Å². The third-order valence-corrected chi connectivity index (χ3v) is 3.78. The first-order valence-electron chi connectivity index (χ1n) is 6.16. The lowest BCUT2D eigenvalue weighted by atomic mass is 9.66. The molecule has 0 saturated heterocycles. The van der Waals surface area contributed by atoms with E-state index in [1.165, 1.54) is 7.11 Å². The molecule has 1 unspecified atom stereocenters. The van der Waals surface area contributed by atoms with Gasteiger partial charge in [0.15, 0.2) is 0 Å². The molecule has 18 heavy (non-hydrogen) atoms. The maximum atomic E-state index is 12.0. The molecule has 0 aromatic carbocycles. The zero-order valence-electron chi connectivity index (χ0n) is 11.2. The molecule has 0 spiro atoms. The van der Waals surface area contributed by atoms with Crippen LogP contribution in [0.25, 0.3) is 0 Å².